The van der Waals surface area contributed by atoms with Gasteiger partial charge in [0.15, 0.2) is 11.5 Å². The Morgan fingerprint density at radius 1 is 0.970 bits per heavy atom. The molecule has 0 aliphatic carbocycles. The third kappa shape index (κ3) is 5.55. The third-order valence-electron chi connectivity index (χ3n) is 5.60. The van der Waals surface area contributed by atoms with E-state index in [1.807, 2.05) is 50.2 Å². The summed E-state index contributed by atoms with van der Waals surface area (Å²) in [5.41, 5.74) is 1.61. The number of fused-ring (bicyclic) bond motifs is 1. The van der Waals surface area contributed by atoms with Crippen molar-refractivity contribution in [1.82, 2.24) is 9.80 Å². The highest BCUT2D eigenvalue weighted by atomic mass is 16.7. The molecule has 0 saturated heterocycles. The second-order valence-corrected chi connectivity index (χ2v) is 8.23. The molecule has 0 unspecified atom stereocenters. The van der Waals surface area contributed by atoms with Crippen LogP contribution in [0.3, 0.4) is 0 Å². The normalized spacial score (nSPS) is 12.1. The first kappa shape index (κ1) is 22.5. The topological polar surface area (TPSA) is 72.2 Å². The van der Waals surface area contributed by atoms with Crippen LogP contribution in [0.1, 0.15) is 35.5 Å². The number of carbonyl (C=O) groups is 2. The molecule has 172 valence electrons. The van der Waals surface area contributed by atoms with Crippen LogP contribution >= 0.6 is 0 Å². The predicted octanol–water partition coefficient (Wildman–Crippen LogP) is 4.13. The maximum absolute atomic E-state index is 13.4. The van der Waals surface area contributed by atoms with Crippen molar-refractivity contribution in [3.63, 3.8) is 0 Å². The van der Waals surface area contributed by atoms with Crippen LogP contribution in [0.25, 0.3) is 0 Å². The van der Waals surface area contributed by atoms with E-state index in [9.17, 15) is 9.59 Å². The van der Waals surface area contributed by atoms with Crippen LogP contribution in [-0.4, -0.2) is 47.5 Å². The standard InChI is InChI=1S/C26H28N2O5/c1-19(2)28(26(30)21-10-11-23-24(15-21)33-18-32-23)17-25(29)27(16-22-9-6-14-31-22)13-12-20-7-4-3-5-8-20/h3-11,14-15,19H,12-13,16-18H2,1-2H3. The molecule has 7 heteroatoms. The van der Waals surface area contributed by atoms with Gasteiger partial charge < -0.3 is 23.7 Å². The van der Waals surface area contributed by atoms with E-state index < -0.39 is 0 Å². The zero-order valence-electron chi connectivity index (χ0n) is 18.9. The van der Waals surface area contributed by atoms with E-state index in [2.05, 4.69) is 0 Å². The molecular formula is C26H28N2O5. The van der Waals surface area contributed by atoms with E-state index in [-0.39, 0.29) is 31.2 Å². The summed E-state index contributed by atoms with van der Waals surface area (Å²) in [5, 5.41) is 0. The molecule has 3 aromatic rings. The van der Waals surface area contributed by atoms with Crippen LogP contribution in [-0.2, 0) is 17.8 Å². The number of rotatable bonds is 9. The molecule has 1 aliphatic rings. The SMILES string of the molecule is CC(C)N(CC(=O)N(CCc1ccccc1)Cc1ccco1)C(=O)c1ccc2c(c1)OCO2. The van der Waals surface area contributed by atoms with Gasteiger partial charge in [0.05, 0.1) is 12.8 Å². The Balaban J connectivity index is 1.49. The zero-order valence-corrected chi connectivity index (χ0v) is 18.9. The lowest BCUT2D eigenvalue weighted by Crippen LogP contribution is -2.46. The van der Waals surface area contributed by atoms with Gasteiger partial charge in [0.25, 0.3) is 5.91 Å². The summed E-state index contributed by atoms with van der Waals surface area (Å²) in [6, 6.07) is 18.6. The minimum Gasteiger partial charge on any atom is -0.467 e. The maximum atomic E-state index is 13.4. The molecular weight excluding hydrogens is 420 g/mol. The number of carbonyl (C=O) groups excluding carboxylic acids is 2. The summed E-state index contributed by atoms with van der Waals surface area (Å²) in [6.07, 6.45) is 2.31. The fraction of sp³-hybridized carbons (Fsp3) is 0.308. The van der Waals surface area contributed by atoms with Gasteiger partial charge in [0.2, 0.25) is 12.7 Å². The van der Waals surface area contributed by atoms with E-state index in [0.717, 1.165) is 5.56 Å². The second-order valence-electron chi connectivity index (χ2n) is 8.23. The highest BCUT2D eigenvalue weighted by molar-refractivity contribution is 5.97. The summed E-state index contributed by atoms with van der Waals surface area (Å²) in [7, 11) is 0. The Labute approximate surface area is 193 Å². The molecule has 2 heterocycles. The quantitative estimate of drug-likeness (QED) is 0.492. The smallest absolute Gasteiger partial charge is 0.254 e. The van der Waals surface area contributed by atoms with Crippen molar-refractivity contribution in [3.8, 4) is 11.5 Å². The Morgan fingerprint density at radius 3 is 2.48 bits per heavy atom. The fourth-order valence-corrected chi connectivity index (χ4v) is 3.72. The molecule has 0 spiro atoms. The summed E-state index contributed by atoms with van der Waals surface area (Å²) in [6.45, 7) is 4.79. The summed E-state index contributed by atoms with van der Waals surface area (Å²) in [4.78, 5) is 30.0. The molecule has 2 amide bonds. The number of hydrogen-bond acceptors (Lipinski definition) is 5. The maximum Gasteiger partial charge on any atom is 0.254 e. The van der Waals surface area contributed by atoms with Gasteiger partial charge in [-0.1, -0.05) is 30.3 Å². The van der Waals surface area contributed by atoms with Crippen LogP contribution in [0.5, 0.6) is 11.5 Å². The first-order valence-corrected chi connectivity index (χ1v) is 11.1. The van der Waals surface area contributed by atoms with E-state index >= 15 is 0 Å². The number of ether oxygens (including phenoxy) is 2. The van der Waals surface area contributed by atoms with Crippen molar-refractivity contribution in [2.45, 2.75) is 32.9 Å². The van der Waals surface area contributed by atoms with Gasteiger partial charge >= 0.3 is 0 Å². The summed E-state index contributed by atoms with van der Waals surface area (Å²) >= 11 is 0. The molecule has 2 aromatic carbocycles. The van der Waals surface area contributed by atoms with Crippen LogP contribution < -0.4 is 9.47 Å². The third-order valence-corrected chi connectivity index (χ3v) is 5.60. The monoisotopic (exact) mass is 448 g/mol. The largest absolute Gasteiger partial charge is 0.467 e. The first-order chi connectivity index (χ1) is 16.0. The molecule has 0 N–H and O–H groups in total. The van der Waals surface area contributed by atoms with Crippen LogP contribution in [0.4, 0.5) is 0 Å². The molecule has 0 saturated carbocycles. The Bertz CT molecular complexity index is 1080. The zero-order chi connectivity index (χ0) is 23.2. The van der Waals surface area contributed by atoms with Crippen LogP contribution in [0, 0.1) is 0 Å². The molecule has 1 aliphatic heterocycles. The van der Waals surface area contributed by atoms with Gasteiger partial charge in [-0.25, -0.2) is 0 Å². The van der Waals surface area contributed by atoms with Crippen LogP contribution in [0.15, 0.2) is 71.3 Å². The lowest BCUT2D eigenvalue weighted by Gasteiger charge is -2.30. The Hall–Kier alpha value is -3.74. The summed E-state index contributed by atoms with van der Waals surface area (Å²) < 4.78 is 16.2. The molecule has 0 fully saturated rings. The Morgan fingerprint density at radius 2 is 1.76 bits per heavy atom. The van der Waals surface area contributed by atoms with Crippen molar-refractivity contribution in [3.05, 3.63) is 83.8 Å². The number of amides is 2. The average molecular weight is 449 g/mol. The van der Waals surface area contributed by atoms with Gasteiger partial charge in [0.1, 0.15) is 12.3 Å². The van der Waals surface area contributed by atoms with Gasteiger partial charge in [-0.3, -0.25) is 9.59 Å². The molecule has 0 atom stereocenters. The van der Waals surface area contributed by atoms with Gasteiger partial charge in [-0.2, -0.15) is 0 Å². The summed E-state index contributed by atoms with van der Waals surface area (Å²) in [5.74, 6) is 1.50. The lowest BCUT2D eigenvalue weighted by molar-refractivity contribution is -0.133. The number of furan rings is 1. The van der Waals surface area contributed by atoms with Crippen molar-refractivity contribution in [2.75, 3.05) is 19.9 Å². The van der Waals surface area contributed by atoms with E-state index in [1.54, 1.807) is 40.3 Å². The highest BCUT2D eigenvalue weighted by Crippen LogP contribution is 2.33. The number of benzene rings is 2. The Kier molecular flexibility index (Phi) is 6.98. The van der Waals surface area contributed by atoms with Crippen molar-refractivity contribution < 1.29 is 23.5 Å². The molecule has 0 bridgehead atoms. The van der Waals surface area contributed by atoms with Gasteiger partial charge in [-0.05, 0) is 56.2 Å². The first-order valence-electron chi connectivity index (χ1n) is 11.1. The van der Waals surface area contributed by atoms with Gasteiger partial charge in [0, 0.05) is 18.2 Å². The van der Waals surface area contributed by atoms with E-state index in [0.29, 0.717) is 42.3 Å². The average Bonchev–Trinajstić information content (AvgIpc) is 3.51. The van der Waals surface area contributed by atoms with E-state index in [1.165, 1.54) is 0 Å². The van der Waals surface area contributed by atoms with Crippen molar-refractivity contribution in [2.24, 2.45) is 0 Å². The molecule has 0 radical (unpaired) electrons. The van der Waals surface area contributed by atoms with Crippen molar-refractivity contribution in [1.29, 1.82) is 0 Å². The van der Waals surface area contributed by atoms with Crippen molar-refractivity contribution >= 4 is 11.8 Å². The highest BCUT2D eigenvalue weighted by Gasteiger charge is 2.26. The minimum absolute atomic E-state index is 0.0273. The predicted molar refractivity (Wildman–Crippen MR) is 123 cm³/mol. The molecule has 33 heavy (non-hydrogen) atoms. The molecule has 1 aromatic heterocycles. The molecule has 7 nitrogen and oxygen atoms in total. The lowest BCUT2D eigenvalue weighted by atomic mass is 10.1. The number of hydrogen-bond donors (Lipinski definition) is 0. The number of nitrogens with zero attached hydrogens (tertiary/aromatic N) is 2. The van der Waals surface area contributed by atoms with Gasteiger partial charge in [-0.15, -0.1) is 0 Å². The second kappa shape index (κ2) is 10.3. The minimum atomic E-state index is -0.224. The van der Waals surface area contributed by atoms with E-state index in [4.69, 9.17) is 13.9 Å². The van der Waals surface area contributed by atoms with Crippen LogP contribution in [0.2, 0.25) is 0 Å². The fourth-order valence-electron chi connectivity index (χ4n) is 3.72. The molecule has 4 rings (SSSR count).